The standard InChI is InChI=1S/C26H40O6/c27-24(28)16-14-12-10-8-6-4-2-1-3-5-7-9-11-13-15-21-32-26(31)23-19-17-22(18-20-23)25(29)30/h17-20H,1-16,21H2,(H,27,28)(H,29,30). The molecule has 2 N–H and O–H groups in total. The number of unbranched alkanes of at least 4 members (excludes halogenated alkanes) is 14. The Balaban J connectivity index is 1.83. The number of aromatic carboxylic acids is 1. The molecule has 0 unspecified atom stereocenters. The van der Waals surface area contributed by atoms with Crippen LogP contribution < -0.4 is 0 Å². The lowest BCUT2D eigenvalue weighted by Gasteiger charge is -2.06. The van der Waals surface area contributed by atoms with E-state index in [0.717, 1.165) is 38.5 Å². The Morgan fingerprint density at radius 2 is 0.938 bits per heavy atom. The first-order chi connectivity index (χ1) is 15.5. The third-order valence-corrected chi connectivity index (χ3v) is 5.64. The highest BCUT2D eigenvalue weighted by Gasteiger charge is 2.08. The quantitative estimate of drug-likeness (QED) is 0.167. The van der Waals surface area contributed by atoms with Crippen molar-refractivity contribution >= 4 is 17.9 Å². The first kappa shape index (κ1) is 27.7. The van der Waals surface area contributed by atoms with Gasteiger partial charge in [0.05, 0.1) is 17.7 Å². The average Bonchev–Trinajstić information content (AvgIpc) is 2.78. The highest BCUT2D eigenvalue weighted by Crippen LogP contribution is 2.14. The van der Waals surface area contributed by atoms with Gasteiger partial charge in [0.25, 0.3) is 0 Å². The molecule has 1 aromatic rings. The van der Waals surface area contributed by atoms with Gasteiger partial charge in [-0.3, -0.25) is 4.79 Å². The normalized spacial score (nSPS) is 10.8. The number of esters is 1. The van der Waals surface area contributed by atoms with E-state index in [0.29, 0.717) is 18.6 Å². The average molecular weight is 449 g/mol. The Kier molecular flexibility index (Phi) is 15.8. The minimum absolute atomic E-state index is 0.156. The highest BCUT2D eigenvalue weighted by atomic mass is 16.5. The predicted molar refractivity (Wildman–Crippen MR) is 125 cm³/mol. The molecule has 32 heavy (non-hydrogen) atoms. The van der Waals surface area contributed by atoms with Gasteiger partial charge in [0, 0.05) is 6.42 Å². The lowest BCUT2D eigenvalue weighted by Crippen LogP contribution is -2.07. The third-order valence-electron chi connectivity index (χ3n) is 5.64. The molecule has 0 fully saturated rings. The molecule has 0 aliphatic rings. The molecule has 6 nitrogen and oxygen atoms in total. The molecular formula is C26H40O6. The summed E-state index contributed by atoms with van der Waals surface area (Å²) in [6, 6.07) is 5.78. The van der Waals surface area contributed by atoms with Gasteiger partial charge in [0.2, 0.25) is 0 Å². The van der Waals surface area contributed by atoms with Crippen molar-refractivity contribution in [2.24, 2.45) is 0 Å². The summed E-state index contributed by atoms with van der Waals surface area (Å²) >= 11 is 0. The van der Waals surface area contributed by atoms with Gasteiger partial charge < -0.3 is 14.9 Å². The summed E-state index contributed by atoms with van der Waals surface area (Å²) in [6.07, 6.45) is 17.9. The highest BCUT2D eigenvalue weighted by molar-refractivity contribution is 5.92. The molecule has 0 saturated carbocycles. The maximum Gasteiger partial charge on any atom is 0.338 e. The molecule has 180 valence electrons. The number of rotatable bonds is 20. The molecule has 0 aliphatic heterocycles. The van der Waals surface area contributed by atoms with Crippen molar-refractivity contribution in [3.8, 4) is 0 Å². The lowest BCUT2D eigenvalue weighted by atomic mass is 10.0. The molecule has 0 spiro atoms. The van der Waals surface area contributed by atoms with Crippen LogP contribution in [0.1, 0.15) is 123 Å². The number of carbonyl (C=O) groups excluding carboxylic acids is 1. The van der Waals surface area contributed by atoms with Crippen molar-refractivity contribution in [1.82, 2.24) is 0 Å². The van der Waals surface area contributed by atoms with Crippen LogP contribution in [-0.4, -0.2) is 34.7 Å². The van der Waals surface area contributed by atoms with Crippen LogP contribution in [0.5, 0.6) is 0 Å². The molecule has 0 saturated heterocycles. The predicted octanol–water partition coefficient (Wildman–Crippen LogP) is 6.87. The van der Waals surface area contributed by atoms with Crippen LogP contribution in [0.25, 0.3) is 0 Å². The molecule has 0 bridgehead atoms. The Morgan fingerprint density at radius 3 is 1.34 bits per heavy atom. The fourth-order valence-corrected chi connectivity index (χ4v) is 3.67. The SMILES string of the molecule is O=C(O)CCCCCCCCCCCCCCCCCOC(=O)c1ccc(C(=O)O)cc1. The molecular weight excluding hydrogens is 408 g/mol. The van der Waals surface area contributed by atoms with Crippen LogP contribution in [-0.2, 0) is 9.53 Å². The van der Waals surface area contributed by atoms with Crippen LogP contribution in [0.4, 0.5) is 0 Å². The number of hydrogen-bond acceptors (Lipinski definition) is 4. The number of aliphatic carboxylic acids is 1. The van der Waals surface area contributed by atoms with Crippen LogP contribution in [0.2, 0.25) is 0 Å². The second kappa shape index (κ2) is 18.2. The van der Waals surface area contributed by atoms with Crippen LogP contribution in [0, 0.1) is 0 Å². The Hall–Kier alpha value is -2.37. The molecule has 0 amide bonds. The van der Waals surface area contributed by atoms with Crippen molar-refractivity contribution in [3.05, 3.63) is 35.4 Å². The van der Waals surface area contributed by atoms with Gasteiger partial charge in [-0.25, -0.2) is 9.59 Å². The van der Waals surface area contributed by atoms with E-state index in [1.54, 1.807) is 0 Å². The molecule has 6 heteroatoms. The minimum Gasteiger partial charge on any atom is -0.481 e. The molecule has 1 rings (SSSR count). The van der Waals surface area contributed by atoms with Crippen molar-refractivity contribution < 1.29 is 29.3 Å². The summed E-state index contributed by atoms with van der Waals surface area (Å²) in [4.78, 5) is 33.2. The van der Waals surface area contributed by atoms with E-state index >= 15 is 0 Å². The first-order valence-corrected chi connectivity index (χ1v) is 12.2. The first-order valence-electron chi connectivity index (χ1n) is 12.2. The van der Waals surface area contributed by atoms with Gasteiger partial charge in [-0.05, 0) is 37.1 Å². The van der Waals surface area contributed by atoms with E-state index < -0.39 is 17.9 Å². The third kappa shape index (κ3) is 14.6. The van der Waals surface area contributed by atoms with Crippen molar-refractivity contribution in [2.75, 3.05) is 6.61 Å². The summed E-state index contributed by atoms with van der Waals surface area (Å²) in [5.74, 6) is -2.10. The van der Waals surface area contributed by atoms with Gasteiger partial charge in [-0.2, -0.15) is 0 Å². The minimum atomic E-state index is -1.01. The van der Waals surface area contributed by atoms with Gasteiger partial charge in [0.15, 0.2) is 0 Å². The van der Waals surface area contributed by atoms with Gasteiger partial charge >= 0.3 is 17.9 Å². The zero-order chi connectivity index (χ0) is 23.4. The Morgan fingerprint density at radius 1 is 0.562 bits per heavy atom. The van der Waals surface area contributed by atoms with E-state index in [9.17, 15) is 14.4 Å². The molecule has 0 radical (unpaired) electrons. The summed E-state index contributed by atoms with van der Waals surface area (Å²) in [5.41, 5.74) is 0.536. The van der Waals surface area contributed by atoms with Gasteiger partial charge in [-0.1, -0.05) is 83.5 Å². The number of hydrogen-bond donors (Lipinski definition) is 2. The zero-order valence-corrected chi connectivity index (χ0v) is 19.4. The van der Waals surface area contributed by atoms with E-state index in [4.69, 9.17) is 14.9 Å². The molecule has 1 aromatic carbocycles. The van der Waals surface area contributed by atoms with Crippen LogP contribution in [0.3, 0.4) is 0 Å². The fourth-order valence-electron chi connectivity index (χ4n) is 3.67. The summed E-state index contributed by atoms with van der Waals surface area (Å²) in [5, 5.41) is 17.4. The van der Waals surface area contributed by atoms with Crippen LogP contribution in [0.15, 0.2) is 24.3 Å². The Bertz CT molecular complexity index is 653. The van der Waals surface area contributed by atoms with Gasteiger partial charge in [-0.15, -0.1) is 0 Å². The lowest BCUT2D eigenvalue weighted by molar-refractivity contribution is -0.137. The Labute approximate surface area is 192 Å². The van der Waals surface area contributed by atoms with Crippen molar-refractivity contribution in [3.63, 3.8) is 0 Å². The molecule has 0 heterocycles. The fraction of sp³-hybridized carbons (Fsp3) is 0.654. The number of carbonyl (C=O) groups is 3. The topological polar surface area (TPSA) is 101 Å². The number of benzene rings is 1. The number of carboxylic acids is 2. The van der Waals surface area contributed by atoms with E-state index in [-0.39, 0.29) is 5.56 Å². The van der Waals surface area contributed by atoms with Gasteiger partial charge in [0.1, 0.15) is 0 Å². The van der Waals surface area contributed by atoms with Crippen molar-refractivity contribution in [1.29, 1.82) is 0 Å². The number of ether oxygens (including phenoxy) is 1. The maximum absolute atomic E-state index is 11.9. The number of carboxylic acid groups (broad SMARTS) is 2. The van der Waals surface area contributed by atoms with E-state index in [1.165, 1.54) is 82.1 Å². The maximum atomic E-state index is 11.9. The summed E-state index contributed by atoms with van der Waals surface area (Å²) < 4.78 is 5.25. The van der Waals surface area contributed by atoms with Crippen LogP contribution >= 0.6 is 0 Å². The molecule has 0 aromatic heterocycles. The monoisotopic (exact) mass is 448 g/mol. The van der Waals surface area contributed by atoms with Crippen molar-refractivity contribution in [2.45, 2.75) is 103 Å². The summed E-state index contributed by atoms with van der Waals surface area (Å²) in [7, 11) is 0. The molecule has 0 aliphatic carbocycles. The zero-order valence-electron chi connectivity index (χ0n) is 19.4. The van der Waals surface area contributed by atoms with E-state index in [1.807, 2.05) is 0 Å². The van der Waals surface area contributed by atoms with E-state index in [2.05, 4.69) is 0 Å². The second-order valence-electron chi connectivity index (χ2n) is 8.47. The summed E-state index contributed by atoms with van der Waals surface area (Å²) in [6.45, 7) is 0.402. The molecule has 0 atom stereocenters. The largest absolute Gasteiger partial charge is 0.481 e. The smallest absolute Gasteiger partial charge is 0.338 e. The second-order valence-corrected chi connectivity index (χ2v) is 8.47.